The van der Waals surface area contributed by atoms with Crippen LogP contribution in [0.5, 0.6) is 0 Å². The summed E-state index contributed by atoms with van der Waals surface area (Å²) in [7, 11) is 2.12. The lowest BCUT2D eigenvalue weighted by molar-refractivity contribution is 0.102. The molecule has 5 rings (SSSR count). The van der Waals surface area contributed by atoms with Gasteiger partial charge in [-0.25, -0.2) is 9.37 Å². The summed E-state index contributed by atoms with van der Waals surface area (Å²) >= 11 is 0. The van der Waals surface area contributed by atoms with Crippen LogP contribution in [0.25, 0.3) is 10.9 Å². The first-order chi connectivity index (χ1) is 17.4. The summed E-state index contributed by atoms with van der Waals surface area (Å²) in [5, 5.41) is 7.38. The molecule has 184 valence electrons. The first-order valence-electron chi connectivity index (χ1n) is 12.0. The molecule has 1 saturated heterocycles. The molecule has 4 aromatic rings. The number of hydrogen-bond donors (Lipinski definition) is 2. The molecule has 1 aliphatic heterocycles. The molecule has 36 heavy (non-hydrogen) atoms. The number of carbonyl (C=O) groups excluding carboxylic acids is 1. The van der Waals surface area contributed by atoms with Crippen LogP contribution in [-0.4, -0.2) is 54.0 Å². The van der Waals surface area contributed by atoms with Gasteiger partial charge in [-0.1, -0.05) is 17.7 Å². The fourth-order valence-corrected chi connectivity index (χ4v) is 4.30. The summed E-state index contributed by atoms with van der Waals surface area (Å²) < 4.78 is 13.2. The van der Waals surface area contributed by atoms with Gasteiger partial charge in [-0.3, -0.25) is 4.79 Å². The van der Waals surface area contributed by atoms with Crippen molar-refractivity contribution in [3.05, 3.63) is 83.2 Å². The van der Waals surface area contributed by atoms with Crippen LogP contribution < -0.4 is 15.5 Å². The van der Waals surface area contributed by atoms with Crippen LogP contribution >= 0.6 is 0 Å². The van der Waals surface area contributed by atoms with Gasteiger partial charge in [0.25, 0.3) is 5.91 Å². The zero-order valence-electron chi connectivity index (χ0n) is 20.7. The first-order valence-corrected chi connectivity index (χ1v) is 12.0. The van der Waals surface area contributed by atoms with E-state index in [1.807, 2.05) is 31.2 Å². The molecule has 0 atom stereocenters. The van der Waals surface area contributed by atoms with Gasteiger partial charge in [-0.05, 0) is 75.0 Å². The number of carbonyl (C=O) groups is 1. The normalized spacial score (nSPS) is 14.2. The number of amides is 1. The van der Waals surface area contributed by atoms with Gasteiger partial charge in [-0.15, -0.1) is 0 Å². The summed E-state index contributed by atoms with van der Waals surface area (Å²) in [5.41, 5.74) is 4.77. The number of benzene rings is 3. The largest absolute Gasteiger partial charge is 0.339 e. The minimum Gasteiger partial charge on any atom is -0.339 e. The van der Waals surface area contributed by atoms with Gasteiger partial charge in [0.2, 0.25) is 5.95 Å². The lowest BCUT2D eigenvalue weighted by Gasteiger charge is -2.32. The van der Waals surface area contributed by atoms with E-state index in [2.05, 4.69) is 46.5 Å². The molecule has 2 heterocycles. The van der Waals surface area contributed by atoms with Gasteiger partial charge in [0.05, 0.1) is 5.52 Å². The number of anilines is 4. The van der Waals surface area contributed by atoms with E-state index in [0.717, 1.165) is 59.7 Å². The second kappa shape index (κ2) is 9.91. The lowest BCUT2D eigenvalue weighted by atomic mass is 10.1. The van der Waals surface area contributed by atoms with Crippen LogP contribution in [0.4, 0.5) is 27.5 Å². The third-order valence-electron chi connectivity index (χ3n) is 6.57. The van der Waals surface area contributed by atoms with Crippen LogP contribution in [0, 0.1) is 19.7 Å². The van der Waals surface area contributed by atoms with Gasteiger partial charge >= 0.3 is 0 Å². The van der Waals surface area contributed by atoms with Gasteiger partial charge < -0.3 is 20.4 Å². The highest BCUT2D eigenvalue weighted by molar-refractivity contribution is 6.05. The number of fused-ring (bicyclic) bond motifs is 1. The van der Waals surface area contributed by atoms with Crippen LogP contribution in [0.2, 0.25) is 0 Å². The number of piperazine rings is 1. The monoisotopic (exact) mass is 484 g/mol. The van der Waals surface area contributed by atoms with E-state index in [4.69, 9.17) is 9.97 Å². The molecule has 0 radical (unpaired) electrons. The Kier molecular flexibility index (Phi) is 6.52. The molecule has 0 bridgehead atoms. The molecule has 1 amide bonds. The summed E-state index contributed by atoms with van der Waals surface area (Å²) in [5.74, 6) is 0.760. The Hall–Kier alpha value is -4.04. The summed E-state index contributed by atoms with van der Waals surface area (Å²) in [6, 6.07) is 17.4. The molecule has 1 aromatic heterocycles. The molecule has 0 saturated carbocycles. The first kappa shape index (κ1) is 23.7. The maximum Gasteiger partial charge on any atom is 0.255 e. The van der Waals surface area contributed by atoms with E-state index < -0.39 is 0 Å². The van der Waals surface area contributed by atoms with E-state index >= 15 is 0 Å². The van der Waals surface area contributed by atoms with E-state index in [1.54, 1.807) is 0 Å². The molecule has 7 nitrogen and oxygen atoms in total. The number of nitrogens with one attached hydrogen (secondary N) is 2. The second-order valence-electron chi connectivity index (χ2n) is 9.25. The highest BCUT2D eigenvalue weighted by Crippen LogP contribution is 2.31. The molecule has 8 heteroatoms. The van der Waals surface area contributed by atoms with E-state index in [1.165, 1.54) is 24.3 Å². The van der Waals surface area contributed by atoms with Crippen molar-refractivity contribution in [2.24, 2.45) is 0 Å². The summed E-state index contributed by atoms with van der Waals surface area (Å²) in [6.45, 7) is 7.67. The maximum atomic E-state index is 13.2. The molecule has 1 aliphatic rings. The maximum absolute atomic E-state index is 13.2. The Morgan fingerprint density at radius 3 is 2.39 bits per heavy atom. The number of aromatic nitrogens is 2. The molecular formula is C28H29FN6O. The van der Waals surface area contributed by atoms with E-state index in [-0.39, 0.29) is 11.7 Å². The minimum absolute atomic E-state index is 0.296. The fraction of sp³-hybridized carbons (Fsp3) is 0.250. The highest BCUT2D eigenvalue weighted by atomic mass is 19.1. The number of rotatable bonds is 5. The molecule has 0 spiro atoms. The number of likely N-dealkylation sites (N-methyl/N-ethyl adjacent to an activating group) is 1. The molecule has 0 unspecified atom stereocenters. The summed E-state index contributed by atoms with van der Waals surface area (Å²) in [6.07, 6.45) is 0. The van der Waals surface area contributed by atoms with Gasteiger partial charge in [0.1, 0.15) is 11.6 Å². The van der Waals surface area contributed by atoms with Crippen LogP contribution in [0.1, 0.15) is 21.5 Å². The Balaban J connectivity index is 1.47. The zero-order valence-corrected chi connectivity index (χ0v) is 20.7. The van der Waals surface area contributed by atoms with Crippen molar-refractivity contribution in [1.29, 1.82) is 0 Å². The minimum atomic E-state index is -0.378. The van der Waals surface area contributed by atoms with Gasteiger partial charge in [0, 0.05) is 48.5 Å². The number of aryl methyl sites for hydroxylation is 1. The molecule has 1 fully saturated rings. The van der Waals surface area contributed by atoms with Crippen LogP contribution in [0.15, 0.2) is 60.7 Å². The second-order valence-corrected chi connectivity index (χ2v) is 9.25. The van der Waals surface area contributed by atoms with Gasteiger partial charge in [0.15, 0.2) is 0 Å². The van der Waals surface area contributed by atoms with Crippen LogP contribution in [0.3, 0.4) is 0 Å². The Labute approximate surface area is 210 Å². The van der Waals surface area contributed by atoms with E-state index in [9.17, 15) is 9.18 Å². The quantitative estimate of drug-likeness (QED) is 0.409. The molecular weight excluding hydrogens is 455 g/mol. The third-order valence-corrected chi connectivity index (χ3v) is 6.57. The fourth-order valence-electron chi connectivity index (χ4n) is 4.30. The zero-order chi connectivity index (χ0) is 25.2. The lowest BCUT2D eigenvalue weighted by Crippen LogP contribution is -2.45. The van der Waals surface area contributed by atoms with Crippen molar-refractivity contribution in [2.75, 3.05) is 48.8 Å². The predicted octanol–water partition coefficient (Wildman–Crippen LogP) is 5.13. The third kappa shape index (κ3) is 4.99. The molecule has 3 aromatic carbocycles. The highest BCUT2D eigenvalue weighted by Gasteiger charge is 2.19. The van der Waals surface area contributed by atoms with Crippen molar-refractivity contribution in [1.82, 2.24) is 14.9 Å². The SMILES string of the molecule is Cc1ccc2nc(N3CCN(C)CC3)nc(Nc3cccc(NC(=O)c4ccc(F)cc4)c3C)c2c1. The molecule has 0 aliphatic carbocycles. The topological polar surface area (TPSA) is 73.4 Å². The van der Waals surface area contributed by atoms with Crippen molar-refractivity contribution in [3.8, 4) is 0 Å². The number of hydrogen-bond acceptors (Lipinski definition) is 6. The average Bonchev–Trinajstić information content (AvgIpc) is 2.87. The smallest absolute Gasteiger partial charge is 0.255 e. The van der Waals surface area contributed by atoms with Crippen molar-refractivity contribution >= 4 is 40.0 Å². The number of nitrogens with zero attached hydrogens (tertiary/aromatic N) is 4. The Morgan fingerprint density at radius 1 is 0.917 bits per heavy atom. The van der Waals surface area contributed by atoms with E-state index in [0.29, 0.717) is 17.2 Å². The predicted molar refractivity (Wildman–Crippen MR) is 143 cm³/mol. The van der Waals surface area contributed by atoms with Crippen molar-refractivity contribution in [2.45, 2.75) is 13.8 Å². The van der Waals surface area contributed by atoms with Crippen LogP contribution in [-0.2, 0) is 0 Å². The standard InChI is InChI=1S/C28H29FN6O/c1-18-7-12-25-22(17-18)26(33-28(32-25)35-15-13-34(3)14-16-35)30-23-5-4-6-24(19(23)2)31-27(36)20-8-10-21(29)11-9-20/h4-12,17H,13-16H2,1-3H3,(H,31,36)(H,30,32,33). The Morgan fingerprint density at radius 2 is 1.64 bits per heavy atom. The summed E-state index contributed by atoms with van der Waals surface area (Å²) in [4.78, 5) is 27.0. The van der Waals surface area contributed by atoms with Gasteiger partial charge in [-0.2, -0.15) is 4.98 Å². The van der Waals surface area contributed by atoms with Crippen molar-refractivity contribution < 1.29 is 9.18 Å². The van der Waals surface area contributed by atoms with Crippen molar-refractivity contribution in [3.63, 3.8) is 0 Å². The molecule has 2 N–H and O–H groups in total. The number of halogens is 1. The Bertz CT molecular complexity index is 1410. The average molecular weight is 485 g/mol.